The second-order valence-corrected chi connectivity index (χ2v) is 6.06. The van der Waals surface area contributed by atoms with Crippen LogP contribution in [0.1, 0.15) is 5.56 Å². The van der Waals surface area contributed by atoms with Crippen molar-refractivity contribution in [1.82, 2.24) is 15.0 Å². The van der Waals surface area contributed by atoms with E-state index in [2.05, 4.69) is 20.3 Å². The molecule has 0 aliphatic carbocycles. The van der Waals surface area contributed by atoms with Gasteiger partial charge < -0.3 is 10.1 Å². The number of anilines is 1. The van der Waals surface area contributed by atoms with Crippen molar-refractivity contribution in [1.29, 1.82) is 0 Å². The molecule has 3 aromatic heterocycles. The van der Waals surface area contributed by atoms with E-state index in [0.29, 0.717) is 6.54 Å². The number of thiophene rings is 1. The normalized spacial score (nSPS) is 11.0. The first kappa shape index (κ1) is 13.9. The maximum Gasteiger partial charge on any atom is 0.147 e. The summed E-state index contributed by atoms with van der Waals surface area (Å²) >= 11 is 1.61. The molecule has 0 amide bonds. The summed E-state index contributed by atoms with van der Waals surface area (Å²) in [5.41, 5.74) is 2.11. The molecule has 4 rings (SSSR count). The molecular formula is C17H14N4OS. The van der Waals surface area contributed by atoms with Crippen molar-refractivity contribution < 1.29 is 4.74 Å². The van der Waals surface area contributed by atoms with Crippen LogP contribution in [0.4, 0.5) is 5.82 Å². The molecule has 3 heterocycles. The van der Waals surface area contributed by atoms with Crippen molar-refractivity contribution in [3.63, 3.8) is 0 Å². The minimum Gasteiger partial charge on any atom is -0.497 e. The van der Waals surface area contributed by atoms with E-state index in [1.165, 1.54) is 0 Å². The second-order valence-electron chi connectivity index (χ2n) is 5.06. The van der Waals surface area contributed by atoms with E-state index >= 15 is 0 Å². The van der Waals surface area contributed by atoms with Crippen LogP contribution in [0.2, 0.25) is 0 Å². The number of pyridine rings is 1. The van der Waals surface area contributed by atoms with Gasteiger partial charge in [0, 0.05) is 18.1 Å². The molecule has 114 valence electrons. The van der Waals surface area contributed by atoms with E-state index < -0.39 is 0 Å². The monoisotopic (exact) mass is 322 g/mol. The fourth-order valence-electron chi connectivity index (χ4n) is 2.47. The summed E-state index contributed by atoms with van der Waals surface area (Å²) in [7, 11) is 1.67. The number of hydrogen-bond donors (Lipinski definition) is 1. The molecule has 0 saturated carbocycles. The molecule has 0 bridgehead atoms. The number of hydrogen-bond acceptors (Lipinski definition) is 6. The van der Waals surface area contributed by atoms with Gasteiger partial charge in [-0.3, -0.25) is 0 Å². The van der Waals surface area contributed by atoms with Gasteiger partial charge in [0.2, 0.25) is 0 Å². The molecule has 5 nitrogen and oxygen atoms in total. The van der Waals surface area contributed by atoms with Crippen LogP contribution in [0, 0.1) is 0 Å². The molecular weight excluding hydrogens is 308 g/mol. The highest BCUT2D eigenvalue weighted by Gasteiger charge is 2.11. The number of fused-ring (bicyclic) bond motifs is 3. The Bertz CT molecular complexity index is 965. The SMILES string of the molecule is COc1ccc(CNc2ncnc3c2sc2ncccc23)cc1. The van der Waals surface area contributed by atoms with Crippen molar-refractivity contribution in [2.75, 3.05) is 12.4 Å². The minimum atomic E-state index is 0.692. The van der Waals surface area contributed by atoms with E-state index in [9.17, 15) is 0 Å². The summed E-state index contributed by atoms with van der Waals surface area (Å²) in [6.45, 7) is 0.692. The summed E-state index contributed by atoms with van der Waals surface area (Å²) in [5, 5.41) is 4.46. The van der Waals surface area contributed by atoms with Gasteiger partial charge in [-0.15, -0.1) is 11.3 Å². The van der Waals surface area contributed by atoms with Gasteiger partial charge in [-0.2, -0.15) is 0 Å². The van der Waals surface area contributed by atoms with E-state index in [1.807, 2.05) is 36.4 Å². The maximum atomic E-state index is 5.18. The highest BCUT2D eigenvalue weighted by molar-refractivity contribution is 7.25. The summed E-state index contributed by atoms with van der Waals surface area (Å²) in [4.78, 5) is 14.2. The van der Waals surface area contributed by atoms with Gasteiger partial charge >= 0.3 is 0 Å². The van der Waals surface area contributed by atoms with Crippen molar-refractivity contribution in [3.8, 4) is 5.75 Å². The molecule has 0 atom stereocenters. The Labute approximate surface area is 137 Å². The van der Waals surface area contributed by atoms with Crippen LogP contribution in [0.15, 0.2) is 48.9 Å². The molecule has 0 fully saturated rings. The molecule has 1 aromatic carbocycles. The number of rotatable bonds is 4. The number of methoxy groups -OCH3 is 1. The third-order valence-corrected chi connectivity index (χ3v) is 4.76. The molecule has 4 aromatic rings. The largest absolute Gasteiger partial charge is 0.497 e. The third kappa shape index (κ3) is 2.57. The molecule has 23 heavy (non-hydrogen) atoms. The Kier molecular flexibility index (Phi) is 3.51. The van der Waals surface area contributed by atoms with Gasteiger partial charge in [0.25, 0.3) is 0 Å². The van der Waals surface area contributed by atoms with Crippen molar-refractivity contribution in [3.05, 3.63) is 54.5 Å². The highest BCUT2D eigenvalue weighted by atomic mass is 32.1. The van der Waals surface area contributed by atoms with Crippen LogP contribution in [-0.4, -0.2) is 22.1 Å². The Morgan fingerprint density at radius 1 is 1.09 bits per heavy atom. The lowest BCUT2D eigenvalue weighted by atomic mass is 10.2. The summed E-state index contributed by atoms with van der Waals surface area (Å²) < 4.78 is 6.21. The van der Waals surface area contributed by atoms with Crippen molar-refractivity contribution in [2.24, 2.45) is 0 Å². The van der Waals surface area contributed by atoms with Gasteiger partial charge in [0.05, 0.1) is 17.3 Å². The zero-order chi connectivity index (χ0) is 15.6. The number of benzene rings is 1. The van der Waals surface area contributed by atoms with Crippen LogP contribution >= 0.6 is 11.3 Å². The summed E-state index contributed by atoms with van der Waals surface area (Å²) in [6.07, 6.45) is 3.40. The Morgan fingerprint density at radius 3 is 2.78 bits per heavy atom. The quantitative estimate of drug-likeness (QED) is 0.618. The van der Waals surface area contributed by atoms with Crippen LogP contribution in [-0.2, 0) is 6.54 Å². The Hall–Kier alpha value is -2.73. The zero-order valence-corrected chi connectivity index (χ0v) is 13.3. The number of nitrogens with zero attached hydrogens (tertiary/aromatic N) is 3. The van der Waals surface area contributed by atoms with Gasteiger partial charge in [0.15, 0.2) is 0 Å². The van der Waals surface area contributed by atoms with E-state index in [4.69, 9.17) is 4.74 Å². The lowest BCUT2D eigenvalue weighted by Gasteiger charge is -2.07. The number of nitrogens with one attached hydrogen (secondary N) is 1. The topological polar surface area (TPSA) is 59.9 Å². The summed E-state index contributed by atoms with van der Waals surface area (Å²) in [5.74, 6) is 1.70. The van der Waals surface area contributed by atoms with Gasteiger partial charge in [-0.05, 0) is 29.8 Å². The number of aromatic nitrogens is 3. The van der Waals surface area contributed by atoms with Crippen LogP contribution in [0.3, 0.4) is 0 Å². The van der Waals surface area contributed by atoms with Gasteiger partial charge in [-0.25, -0.2) is 15.0 Å². The lowest BCUT2D eigenvalue weighted by molar-refractivity contribution is 0.414. The second kappa shape index (κ2) is 5.81. The van der Waals surface area contributed by atoms with Crippen LogP contribution in [0.25, 0.3) is 20.4 Å². The van der Waals surface area contributed by atoms with Crippen LogP contribution in [0.5, 0.6) is 5.75 Å². The highest BCUT2D eigenvalue weighted by Crippen LogP contribution is 2.34. The zero-order valence-electron chi connectivity index (χ0n) is 12.5. The molecule has 0 unspecified atom stereocenters. The van der Waals surface area contributed by atoms with Gasteiger partial charge in [0.1, 0.15) is 22.7 Å². The first-order valence-electron chi connectivity index (χ1n) is 7.20. The van der Waals surface area contributed by atoms with Crippen LogP contribution < -0.4 is 10.1 Å². The molecule has 0 radical (unpaired) electrons. The molecule has 0 aliphatic heterocycles. The Balaban J connectivity index is 1.65. The third-order valence-electron chi connectivity index (χ3n) is 3.65. The molecule has 1 N–H and O–H groups in total. The van der Waals surface area contributed by atoms with Crippen molar-refractivity contribution in [2.45, 2.75) is 6.54 Å². The van der Waals surface area contributed by atoms with E-state index in [-0.39, 0.29) is 0 Å². The first-order valence-corrected chi connectivity index (χ1v) is 8.02. The molecule has 0 aliphatic rings. The average molecular weight is 322 g/mol. The predicted octanol–water partition coefficient (Wildman–Crippen LogP) is 3.86. The fraction of sp³-hybridized carbons (Fsp3) is 0.118. The smallest absolute Gasteiger partial charge is 0.147 e. The minimum absolute atomic E-state index is 0.692. The fourth-order valence-corrected chi connectivity index (χ4v) is 3.53. The standard InChI is InChI=1S/C17H14N4OS/c1-22-12-6-4-11(5-7-12)9-19-16-15-14(20-10-21-16)13-3-2-8-18-17(13)23-15/h2-8,10H,9H2,1H3,(H,19,20,21). The van der Waals surface area contributed by atoms with E-state index in [1.54, 1.807) is 31.0 Å². The Morgan fingerprint density at radius 2 is 1.96 bits per heavy atom. The molecule has 0 saturated heterocycles. The molecule has 6 heteroatoms. The maximum absolute atomic E-state index is 5.18. The molecule has 0 spiro atoms. The first-order chi connectivity index (χ1) is 11.3. The predicted molar refractivity (Wildman–Crippen MR) is 93.0 cm³/mol. The van der Waals surface area contributed by atoms with E-state index in [0.717, 1.165) is 37.6 Å². The summed E-state index contributed by atoms with van der Waals surface area (Å²) in [6, 6.07) is 12.0. The average Bonchev–Trinajstić information content (AvgIpc) is 3.00. The lowest BCUT2D eigenvalue weighted by Crippen LogP contribution is -2.01. The van der Waals surface area contributed by atoms with Crippen molar-refractivity contribution >= 4 is 37.6 Å². The van der Waals surface area contributed by atoms with Gasteiger partial charge in [-0.1, -0.05) is 12.1 Å². The number of ether oxygens (including phenoxy) is 1.